The molecule has 0 radical (unpaired) electrons. The Labute approximate surface area is 165 Å². The lowest BCUT2D eigenvalue weighted by atomic mass is 10.1. The summed E-state index contributed by atoms with van der Waals surface area (Å²) in [6.45, 7) is 1.39. The molecular weight excluding hydrogens is 384 g/mol. The highest BCUT2D eigenvalue weighted by molar-refractivity contribution is 6.31. The predicted octanol–water partition coefficient (Wildman–Crippen LogP) is 4.59. The fourth-order valence-corrected chi connectivity index (χ4v) is 2.84. The molecule has 3 rings (SSSR count). The predicted molar refractivity (Wildman–Crippen MR) is 106 cm³/mol. The van der Waals surface area contributed by atoms with Crippen LogP contribution in [0.3, 0.4) is 0 Å². The van der Waals surface area contributed by atoms with E-state index in [0.29, 0.717) is 5.69 Å². The molecule has 8 heteroatoms. The van der Waals surface area contributed by atoms with Crippen LogP contribution >= 0.6 is 11.6 Å². The molecule has 0 aliphatic heterocycles. The number of ether oxygens (including phenoxy) is 1. The van der Waals surface area contributed by atoms with Crippen molar-refractivity contribution in [1.29, 1.82) is 0 Å². The molecule has 7 nitrogen and oxygen atoms in total. The van der Waals surface area contributed by atoms with E-state index in [4.69, 9.17) is 16.3 Å². The van der Waals surface area contributed by atoms with Crippen LogP contribution in [0.15, 0.2) is 60.7 Å². The Hall–Kier alpha value is -3.45. The van der Waals surface area contributed by atoms with Gasteiger partial charge in [-0.05, 0) is 30.5 Å². The quantitative estimate of drug-likeness (QED) is 0.385. The van der Waals surface area contributed by atoms with E-state index < -0.39 is 28.6 Å². The van der Waals surface area contributed by atoms with Gasteiger partial charge in [-0.25, -0.2) is 4.79 Å². The monoisotopic (exact) mass is 398 g/mol. The fourth-order valence-electron chi connectivity index (χ4n) is 2.67. The first-order chi connectivity index (χ1) is 13.4. The van der Waals surface area contributed by atoms with Gasteiger partial charge >= 0.3 is 5.97 Å². The van der Waals surface area contributed by atoms with Gasteiger partial charge in [0.2, 0.25) is 0 Å². The van der Waals surface area contributed by atoms with Gasteiger partial charge in [0.05, 0.1) is 4.92 Å². The summed E-state index contributed by atoms with van der Waals surface area (Å²) in [5.41, 5.74) is -0.193. The van der Waals surface area contributed by atoms with Gasteiger partial charge in [0.1, 0.15) is 5.56 Å². The summed E-state index contributed by atoms with van der Waals surface area (Å²) in [5, 5.41) is 15.7. The van der Waals surface area contributed by atoms with E-state index in [1.807, 2.05) is 30.3 Å². The van der Waals surface area contributed by atoms with Crippen molar-refractivity contribution >= 4 is 45.6 Å². The standard InChI is InChI=1S/C20H15ClN2O5/c1-12(28-20(25)16-10-9-14(21)11-18(16)23(26)27)19(24)22-17-8-4-6-13-5-2-3-7-15(13)17/h2-12H,1H3,(H,22,24). The zero-order chi connectivity index (χ0) is 20.3. The lowest BCUT2D eigenvalue weighted by Gasteiger charge is -2.15. The zero-order valence-corrected chi connectivity index (χ0v) is 15.5. The first-order valence-corrected chi connectivity index (χ1v) is 8.68. The average Bonchev–Trinajstić information content (AvgIpc) is 2.68. The van der Waals surface area contributed by atoms with Crippen molar-refractivity contribution in [1.82, 2.24) is 0 Å². The Balaban J connectivity index is 1.76. The summed E-state index contributed by atoms with van der Waals surface area (Å²) in [6.07, 6.45) is -1.17. The van der Waals surface area contributed by atoms with E-state index in [9.17, 15) is 19.7 Å². The van der Waals surface area contributed by atoms with Crippen molar-refractivity contribution in [3.63, 3.8) is 0 Å². The highest BCUT2D eigenvalue weighted by atomic mass is 35.5. The third-order valence-corrected chi connectivity index (χ3v) is 4.31. The summed E-state index contributed by atoms with van der Waals surface area (Å²) in [7, 11) is 0. The number of fused-ring (bicyclic) bond motifs is 1. The molecule has 3 aromatic rings. The second kappa shape index (κ2) is 8.06. The van der Waals surface area contributed by atoms with Crippen molar-refractivity contribution in [3.05, 3.63) is 81.4 Å². The molecule has 3 aromatic carbocycles. The van der Waals surface area contributed by atoms with Crippen LogP contribution in [0.2, 0.25) is 5.02 Å². The number of hydrogen-bond acceptors (Lipinski definition) is 5. The minimum Gasteiger partial charge on any atom is -0.449 e. The number of halogens is 1. The Morgan fingerprint density at radius 3 is 2.57 bits per heavy atom. The van der Waals surface area contributed by atoms with Gasteiger partial charge in [-0.1, -0.05) is 48.0 Å². The van der Waals surface area contributed by atoms with Gasteiger partial charge in [-0.15, -0.1) is 0 Å². The van der Waals surface area contributed by atoms with Crippen LogP contribution in [0, 0.1) is 10.1 Å². The number of carbonyl (C=O) groups is 2. The summed E-state index contributed by atoms with van der Waals surface area (Å²) in [6, 6.07) is 16.5. The van der Waals surface area contributed by atoms with Gasteiger partial charge in [0.15, 0.2) is 6.10 Å². The minimum absolute atomic E-state index is 0.116. The molecule has 0 fully saturated rings. The van der Waals surface area contributed by atoms with Crippen LogP contribution in [0.25, 0.3) is 10.8 Å². The number of rotatable bonds is 5. The molecule has 28 heavy (non-hydrogen) atoms. The number of amides is 1. The molecule has 1 unspecified atom stereocenters. The summed E-state index contributed by atoms with van der Waals surface area (Å²) < 4.78 is 5.11. The third kappa shape index (κ3) is 4.10. The molecule has 0 saturated carbocycles. The summed E-state index contributed by atoms with van der Waals surface area (Å²) in [5.74, 6) is -1.54. The maximum absolute atomic E-state index is 12.5. The van der Waals surface area contributed by atoms with Crippen LogP contribution < -0.4 is 5.32 Å². The topological polar surface area (TPSA) is 98.5 Å². The van der Waals surface area contributed by atoms with Crippen molar-refractivity contribution in [2.45, 2.75) is 13.0 Å². The van der Waals surface area contributed by atoms with Crippen molar-refractivity contribution in [2.75, 3.05) is 5.32 Å². The lowest BCUT2D eigenvalue weighted by Crippen LogP contribution is -2.30. The van der Waals surface area contributed by atoms with E-state index in [2.05, 4.69) is 5.32 Å². The molecule has 1 atom stereocenters. The Kier molecular flexibility index (Phi) is 5.56. The Morgan fingerprint density at radius 1 is 1.11 bits per heavy atom. The first-order valence-electron chi connectivity index (χ1n) is 8.30. The maximum Gasteiger partial charge on any atom is 0.345 e. The number of benzene rings is 3. The normalized spacial score (nSPS) is 11.6. The van der Waals surface area contributed by atoms with E-state index in [1.165, 1.54) is 19.1 Å². The van der Waals surface area contributed by atoms with Crippen LogP contribution in [-0.4, -0.2) is 22.9 Å². The molecule has 0 aliphatic carbocycles. The molecule has 0 saturated heterocycles. The zero-order valence-electron chi connectivity index (χ0n) is 14.7. The first kappa shape index (κ1) is 19.3. The molecule has 1 N–H and O–H groups in total. The highest BCUT2D eigenvalue weighted by Crippen LogP contribution is 2.25. The Bertz CT molecular complexity index is 1080. The number of nitrogens with zero attached hydrogens (tertiary/aromatic N) is 1. The van der Waals surface area contributed by atoms with Crippen LogP contribution in [-0.2, 0) is 9.53 Å². The van der Waals surface area contributed by atoms with Gasteiger partial charge in [0, 0.05) is 22.2 Å². The van der Waals surface area contributed by atoms with Gasteiger partial charge in [-0.3, -0.25) is 14.9 Å². The Morgan fingerprint density at radius 2 is 1.82 bits per heavy atom. The lowest BCUT2D eigenvalue weighted by molar-refractivity contribution is -0.385. The summed E-state index contributed by atoms with van der Waals surface area (Å²) in [4.78, 5) is 35.2. The SMILES string of the molecule is CC(OC(=O)c1ccc(Cl)cc1[N+](=O)[O-])C(=O)Nc1cccc2ccccc12. The molecule has 0 heterocycles. The van der Waals surface area contributed by atoms with Crippen molar-refractivity contribution in [2.24, 2.45) is 0 Å². The van der Waals surface area contributed by atoms with E-state index in [-0.39, 0.29) is 10.6 Å². The third-order valence-electron chi connectivity index (χ3n) is 4.08. The number of nitro groups is 1. The number of nitrogens with one attached hydrogen (secondary N) is 1. The van der Waals surface area contributed by atoms with E-state index >= 15 is 0 Å². The number of carbonyl (C=O) groups excluding carboxylic acids is 2. The average molecular weight is 399 g/mol. The molecule has 0 spiro atoms. The van der Waals surface area contributed by atoms with Crippen molar-refractivity contribution in [3.8, 4) is 0 Å². The molecule has 0 aliphatic rings. The van der Waals surface area contributed by atoms with E-state index in [0.717, 1.165) is 16.8 Å². The summed E-state index contributed by atoms with van der Waals surface area (Å²) >= 11 is 5.74. The smallest absolute Gasteiger partial charge is 0.345 e. The van der Waals surface area contributed by atoms with Gasteiger partial charge in [-0.2, -0.15) is 0 Å². The van der Waals surface area contributed by atoms with Crippen LogP contribution in [0.4, 0.5) is 11.4 Å². The fraction of sp³-hybridized carbons (Fsp3) is 0.100. The molecule has 0 bridgehead atoms. The maximum atomic E-state index is 12.5. The second-order valence-corrected chi connectivity index (χ2v) is 6.42. The number of anilines is 1. The second-order valence-electron chi connectivity index (χ2n) is 5.98. The molecular formula is C20H15ClN2O5. The highest BCUT2D eigenvalue weighted by Gasteiger charge is 2.26. The van der Waals surface area contributed by atoms with Crippen LogP contribution in [0.1, 0.15) is 17.3 Å². The minimum atomic E-state index is -1.17. The van der Waals surface area contributed by atoms with Gasteiger partial charge in [0.25, 0.3) is 11.6 Å². The number of nitro benzene ring substituents is 1. The largest absolute Gasteiger partial charge is 0.449 e. The number of esters is 1. The van der Waals surface area contributed by atoms with Crippen LogP contribution in [0.5, 0.6) is 0 Å². The number of hydrogen-bond donors (Lipinski definition) is 1. The van der Waals surface area contributed by atoms with E-state index in [1.54, 1.807) is 12.1 Å². The molecule has 1 amide bonds. The molecule has 0 aromatic heterocycles. The molecule has 142 valence electrons. The van der Waals surface area contributed by atoms with Crippen molar-refractivity contribution < 1.29 is 19.2 Å². The van der Waals surface area contributed by atoms with Gasteiger partial charge < -0.3 is 10.1 Å².